The predicted octanol–water partition coefficient (Wildman–Crippen LogP) is 3.75. The second kappa shape index (κ2) is 6.51. The Bertz CT molecular complexity index is 622. The Balaban J connectivity index is 2.16. The van der Waals surface area contributed by atoms with Crippen LogP contribution in [0, 0.1) is 11.3 Å². The standard InChI is InChI=1S/C15H12ClNOS/c16-14-7-4-8-15(9-14)19(18)11-13(10-17)12-5-2-1-3-6-12/h1-9,13H,11H2. The van der Waals surface area contributed by atoms with Gasteiger partial charge in [0.2, 0.25) is 0 Å². The highest BCUT2D eigenvalue weighted by molar-refractivity contribution is 7.85. The van der Waals surface area contributed by atoms with E-state index in [-0.39, 0.29) is 11.7 Å². The van der Waals surface area contributed by atoms with Gasteiger partial charge in [0.05, 0.1) is 22.8 Å². The van der Waals surface area contributed by atoms with Gasteiger partial charge in [0.25, 0.3) is 0 Å². The third-order valence-corrected chi connectivity index (χ3v) is 4.39. The van der Waals surface area contributed by atoms with Gasteiger partial charge in [-0.3, -0.25) is 4.21 Å². The Labute approximate surface area is 120 Å². The van der Waals surface area contributed by atoms with Crippen LogP contribution in [0.4, 0.5) is 0 Å². The van der Waals surface area contributed by atoms with E-state index in [1.807, 2.05) is 30.3 Å². The molecule has 0 bridgehead atoms. The van der Waals surface area contributed by atoms with Gasteiger partial charge in [0.15, 0.2) is 0 Å². The van der Waals surface area contributed by atoms with Crippen molar-refractivity contribution in [3.05, 3.63) is 65.2 Å². The van der Waals surface area contributed by atoms with Gasteiger partial charge in [-0.05, 0) is 23.8 Å². The molecule has 0 amide bonds. The van der Waals surface area contributed by atoms with Crippen molar-refractivity contribution >= 4 is 22.4 Å². The SMILES string of the molecule is N#CC(CS(=O)c1cccc(Cl)c1)c1ccccc1. The molecule has 0 aliphatic heterocycles. The molecule has 0 heterocycles. The molecule has 2 nitrogen and oxygen atoms in total. The van der Waals surface area contributed by atoms with E-state index in [1.165, 1.54) is 0 Å². The first-order valence-corrected chi connectivity index (χ1v) is 7.49. The minimum absolute atomic E-state index is 0.279. The van der Waals surface area contributed by atoms with Crippen LogP contribution in [0.25, 0.3) is 0 Å². The van der Waals surface area contributed by atoms with E-state index >= 15 is 0 Å². The summed E-state index contributed by atoms with van der Waals surface area (Å²) in [5, 5.41) is 9.77. The number of halogens is 1. The summed E-state index contributed by atoms with van der Waals surface area (Å²) in [6.45, 7) is 0. The molecule has 0 fully saturated rings. The molecule has 0 saturated carbocycles. The minimum atomic E-state index is -1.23. The molecule has 0 aromatic heterocycles. The van der Waals surface area contributed by atoms with Crippen molar-refractivity contribution in [3.63, 3.8) is 0 Å². The molecule has 2 rings (SSSR count). The number of hydrogen-bond donors (Lipinski definition) is 0. The summed E-state index contributed by atoms with van der Waals surface area (Å²) in [4.78, 5) is 0.656. The summed E-state index contributed by atoms with van der Waals surface area (Å²) >= 11 is 5.88. The zero-order chi connectivity index (χ0) is 13.7. The highest BCUT2D eigenvalue weighted by Gasteiger charge is 2.15. The van der Waals surface area contributed by atoms with Crippen LogP contribution in [0.5, 0.6) is 0 Å². The topological polar surface area (TPSA) is 40.9 Å². The molecule has 96 valence electrons. The highest BCUT2D eigenvalue weighted by atomic mass is 35.5. The molecule has 19 heavy (non-hydrogen) atoms. The Morgan fingerprint density at radius 3 is 2.53 bits per heavy atom. The first-order valence-electron chi connectivity index (χ1n) is 5.79. The van der Waals surface area contributed by atoms with Crippen molar-refractivity contribution in [1.82, 2.24) is 0 Å². The molecule has 0 radical (unpaired) electrons. The zero-order valence-corrected chi connectivity index (χ0v) is 11.7. The van der Waals surface area contributed by atoms with Crippen LogP contribution in [0.15, 0.2) is 59.5 Å². The monoisotopic (exact) mass is 289 g/mol. The van der Waals surface area contributed by atoms with Crippen LogP contribution in [0.1, 0.15) is 11.5 Å². The number of rotatable bonds is 4. The van der Waals surface area contributed by atoms with Crippen LogP contribution < -0.4 is 0 Å². The van der Waals surface area contributed by atoms with E-state index in [9.17, 15) is 9.47 Å². The van der Waals surface area contributed by atoms with Gasteiger partial charge in [-0.15, -0.1) is 0 Å². The number of nitriles is 1. The Hall–Kier alpha value is -1.63. The maximum absolute atomic E-state index is 12.2. The van der Waals surface area contributed by atoms with Crippen LogP contribution in [-0.4, -0.2) is 9.96 Å². The predicted molar refractivity (Wildman–Crippen MR) is 77.5 cm³/mol. The number of nitrogens with zero attached hydrogens (tertiary/aromatic N) is 1. The van der Waals surface area contributed by atoms with E-state index in [0.29, 0.717) is 9.92 Å². The molecule has 2 atom stereocenters. The normalized spacial score (nSPS) is 13.5. The van der Waals surface area contributed by atoms with Crippen LogP contribution in [0.3, 0.4) is 0 Å². The van der Waals surface area contributed by atoms with E-state index in [4.69, 9.17) is 11.6 Å². The molecular formula is C15H12ClNOS. The zero-order valence-electron chi connectivity index (χ0n) is 10.1. The maximum Gasteiger partial charge on any atom is 0.0831 e. The highest BCUT2D eigenvalue weighted by Crippen LogP contribution is 2.20. The fraction of sp³-hybridized carbons (Fsp3) is 0.133. The lowest BCUT2D eigenvalue weighted by Crippen LogP contribution is -2.08. The fourth-order valence-electron chi connectivity index (χ4n) is 1.75. The Kier molecular flexibility index (Phi) is 4.73. The number of benzene rings is 2. The molecule has 2 unspecified atom stereocenters. The Morgan fingerprint density at radius 2 is 1.89 bits per heavy atom. The van der Waals surface area contributed by atoms with Gasteiger partial charge < -0.3 is 0 Å². The van der Waals surface area contributed by atoms with Gasteiger partial charge in [-0.2, -0.15) is 5.26 Å². The minimum Gasteiger partial charge on any atom is -0.254 e. The summed E-state index contributed by atoms with van der Waals surface area (Å²) in [7, 11) is -1.23. The summed E-state index contributed by atoms with van der Waals surface area (Å²) in [5.41, 5.74) is 0.889. The molecule has 0 aliphatic rings. The van der Waals surface area contributed by atoms with Gasteiger partial charge >= 0.3 is 0 Å². The second-order valence-electron chi connectivity index (χ2n) is 4.06. The third kappa shape index (κ3) is 3.66. The average molecular weight is 290 g/mol. The van der Waals surface area contributed by atoms with Crippen molar-refractivity contribution in [2.75, 3.05) is 5.75 Å². The van der Waals surface area contributed by atoms with Crippen LogP contribution >= 0.6 is 11.6 Å². The smallest absolute Gasteiger partial charge is 0.0831 e. The lowest BCUT2D eigenvalue weighted by Gasteiger charge is -2.09. The van der Waals surface area contributed by atoms with Gasteiger partial charge in [0.1, 0.15) is 0 Å². The van der Waals surface area contributed by atoms with Gasteiger partial charge in [-0.1, -0.05) is 48.0 Å². The van der Waals surface area contributed by atoms with Gasteiger partial charge in [-0.25, -0.2) is 0 Å². The second-order valence-corrected chi connectivity index (χ2v) is 5.99. The molecule has 2 aromatic carbocycles. The van der Waals surface area contributed by atoms with E-state index in [0.717, 1.165) is 5.56 Å². The quantitative estimate of drug-likeness (QED) is 0.860. The largest absolute Gasteiger partial charge is 0.254 e. The molecule has 0 N–H and O–H groups in total. The first kappa shape index (κ1) is 13.8. The molecular weight excluding hydrogens is 278 g/mol. The third-order valence-electron chi connectivity index (χ3n) is 2.73. The van der Waals surface area contributed by atoms with E-state index in [1.54, 1.807) is 24.3 Å². The Morgan fingerprint density at radius 1 is 1.16 bits per heavy atom. The molecule has 0 saturated heterocycles. The molecule has 0 spiro atoms. The maximum atomic E-state index is 12.2. The van der Waals surface area contributed by atoms with Crippen molar-refractivity contribution in [3.8, 4) is 6.07 Å². The van der Waals surface area contributed by atoms with Gasteiger partial charge in [0, 0.05) is 15.7 Å². The molecule has 4 heteroatoms. The van der Waals surface area contributed by atoms with Crippen molar-refractivity contribution in [2.24, 2.45) is 0 Å². The average Bonchev–Trinajstić information content (AvgIpc) is 2.45. The lowest BCUT2D eigenvalue weighted by atomic mass is 10.0. The molecule has 0 aliphatic carbocycles. The number of hydrogen-bond acceptors (Lipinski definition) is 2. The van der Waals surface area contributed by atoms with Crippen molar-refractivity contribution < 1.29 is 4.21 Å². The molecule has 2 aromatic rings. The lowest BCUT2D eigenvalue weighted by molar-refractivity contribution is 0.680. The van der Waals surface area contributed by atoms with E-state index < -0.39 is 10.8 Å². The summed E-state index contributed by atoms with van der Waals surface area (Å²) < 4.78 is 12.2. The fourth-order valence-corrected chi connectivity index (χ4v) is 3.26. The summed E-state index contributed by atoms with van der Waals surface area (Å²) in [6, 6.07) is 18.6. The van der Waals surface area contributed by atoms with Crippen molar-refractivity contribution in [1.29, 1.82) is 5.26 Å². The van der Waals surface area contributed by atoms with E-state index in [2.05, 4.69) is 6.07 Å². The van der Waals surface area contributed by atoms with Crippen molar-refractivity contribution in [2.45, 2.75) is 10.8 Å². The summed E-state index contributed by atoms with van der Waals surface area (Å²) in [5.74, 6) is -0.0954. The van der Waals surface area contributed by atoms with Crippen LogP contribution in [-0.2, 0) is 10.8 Å². The first-order chi connectivity index (χ1) is 9.20. The summed E-state index contributed by atoms with van der Waals surface area (Å²) in [6.07, 6.45) is 0. The van der Waals surface area contributed by atoms with Crippen LogP contribution in [0.2, 0.25) is 5.02 Å².